The maximum absolute atomic E-state index is 11.2. The van der Waals surface area contributed by atoms with Crippen molar-refractivity contribution in [2.45, 2.75) is 0 Å². The first-order valence-electron chi connectivity index (χ1n) is 3.81. The summed E-state index contributed by atoms with van der Waals surface area (Å²) < 4.78 is 9.48. The highest BCUT2D eigenvalue weighted by atomic mass is 35.5. The highest BCUT2D eigenvalue weighted by Crippen LogP contribution is 2.29. The molecule has 0 heterocycles. The van der Waals surface area contributed by atoms with Gasteiger partial charge in [0.1, 0.15) is 5.75 Å². The number of rotatable bonds is 2. The van der Waals surface area contributed by atoms with Crippen LogP contribution in [0.2, 0.25) is 5.02 Å². The molecular weight excluding hydrogens is 206 g/mol. The highest BCUT2D eigenvalue weighted by molar-refractivity contribution is 6.36. The van der Waals surface area contributed by atoms with Crippen molar-refractivity contribution in [3.05, 3.63) is 22.7 Å². The van der Waals surface area contributed by atoms with Gasteiger partial charge in [-0.15, -0.1) is 0 Å². The Bertz CT molecular complexity index is 365. The molecule has 1 aromatic rings. The molecule has 0 bridgehead atoms. The van der Waals surface area contributed by atoms with Gasteiger partial charge in [-0.1, -0.05) is 11.6 Å². The van der Waals surface area contributed by atoms with Crippen LogP contribution in [0.25, 0.3) is 0 Å². The summed E-state index contributed by atoms with van der Waals surface area (Å²) in [5.74, 6) is -0.0760. The van der Waals surface area contributed by atoms with Gasteiger partial charge in [0.05, 0.1) is 30.5 Å². The number of esters is 1. The van der Waals surface area contributed by atoms with E-state index in [1.807, 2.05) is 0 Å². The molecule has 0 aliphatic heterocycles. The van der Waals surface area contributed by atoms with E-state index in [0.717, 1.165) is 0 Å². The van der Waals surface area contributed by atoms with Crippen molar-refractivity contribution in [1.82, 2.24) is 0 Å². The van der Waals surface area contributed by atoms with Gasteiger partial charge in [0.2, 0.25) is 0 Å². The lowest BCUT2D eigenvalue weighted by Crippen LogP contribution is -2.04. The fourth-order valence-corrected chi connectivity index (χ4v) is 1.18. The van der Waals surface area contributed by atoms with E-state index in [0.29, 0.717) is 5.75 Å². The summed E-state index contributed by atoms with van der Waals surface area (Å²) in [6, 6.07) is 3.01. The van der Waals surface area contributed by atoms with Crippen molar-refractivity contribution in [3.63, 3.8) is 0 Å². The molecule has 0 aliphatic rings. The maximum atomic E-state index is 11.2. The maximum Gasteiger partial charge on any atom is 0.339 e. The average molecular weight is 216 g/mol. The molecule has 0 aliphatic carbocycles. The normalized spacial score (nSPS) is 9.64. The average Bonchev–Trinajstić information content (AvgIpc) is 2.20. The lowest BCUT2D eigenvalue weighted by molar-refractivity contribution is 0.0600. The second kappa shape index (κ2) is 4.19. The topological polar surface area (TPSA) is 61.5 Å². The van der Waals surface area contributed by atoms with Crippen LogP contribution < -0.4 is 10.5 Å². The van der Waals surface area contributed by atoms with Gasteiger partial charge < -0.3 is 15.2 Å². The fourth-order valence-electron chi connectivity index (χ4n) is 0.996. The number of nitrogen functional groups attached to an aromatic ring is 1. The highest BCUT2D eigenvalue weighted by Gasteiger charge is 2.14. The van der Waals surface area contributed by atoms with E-state index >= 15 is 0 Å². The summed E-state index contributed by atoms with van der Waals surface area (Å²) in [5, 5.41) is 0.178. The fraction of sp³-hybridized carbons (Fsp3) is 0.222. The van der Waals surface area contributed by atoms with Gasteiger partial charge >= 0.3 is 5.97 Å². The number of nitrogens with two attached hydrogens (primary N) is 1. The third-order valence-electron chi connectivity index (χ3n) is 1.72. The molecule has 76 valence electrons. The molecule has 0 saturated heterocycles. The quantitative estimate of drug-likeness (QED) is 0.603. The zero-order chi connectivity index (χ0) is 10.7. The zero-order valence-electron chi connectivity index (χ0n) is 7.83. The van der Waals surface area contributed by atoms with Crippen LogP contribution in [-0.2, 0) is 4.74 Å². The number of carbonyl (C=O) groups is 1. The number of hydrogen-bond acceptors (Lipinski definition) is 4. The minimum absolute atomic E-state index is 0.178. The first-order valence-corrected chi connectivity index (χ1v) is 4.19. The zero-order valence-corrected chi connectivity index (χ0v) is 8.59. The largest absolute Gasteiger partial charge is 0.497 e. The molecule has 0 unspecified atom stereocenters. The number of benzene rings is 1. The number of hydrogen-bond donors (Lipinski definition) is 1. The monoisotopic (exact) mass is 215 g/mol. The lowest BCUT2D eigenvalue weighted by atomic mass is 10.2. The minimum Gasteiger partial charge on any atom is -0.497 e. The van der Waals surface area contributed by atoms with Gasteiger partial charge in [-0.3, -0.25) is 0 Å². The van der Waals surface area contributed by atoms with E-state index in [9.17, 15) is 4.79 Å². The van der Waals surface area contributed by atoms with Crippen LogP contribution >= 0.6 is 11.6 Å². The molecule has 1 aromatic carbocycles. The van der Waals surface area contributed by atoms with Gasteiger partial charge in [-0.25, -0.2) is 4.79 Å². The van der Waals surface area contributed by atoms with Crippen LogP contribution in [0.15, 0.2) is 12.1 Å². The van der Waals surface area contributed by atoms with E-state index < -0.39 is 5.97 Å². The molecule has 0 amide bonds. The lowest BCUT2D eigenvalue weighted by Gasteiger charge is -2.07. The molecule has 0 radical (unpaired) electrons. The van der Waals surface area contributed by atoms with Crippen LogP contribution in [-0.4, -0.2) is 20.2 Å². The van der Waals surface area contributed by atoms with Crippen molar-refractivity contribution in [2.24, 2.45) is 0 Å². The number of anilines is 1. The molecule has 2 N–H and O–H groups in total. The second-order valence-electron chi connectivity index (χ2n) is 2.57. The Hall–Kier alpha value is -1.42. The van der Waals surface area contributed by atoms with Crippen molar-refractivity contribution in [2.75, 3.05) is 20.0 Å². The summed E-state index contributed by atoms with van der Waals surface area (Å²) in [5.41, 5.74) is 6.05. The molecule has 0 spiro atoms. The predicted octanol–water partition coefficient (Wildman–Crippen LogP) is 1.72. The van der Waals surface area contributed by atoms with E-state index in [4.69, 9.17) is 22.1 Å². The van der Waals surface area contributed by atoms with E-state index in [1.165, 1.54) is 26.4 Å². The SMILES string of the molecule is COC(=O)c1cc(OC)cc(N)c1Cl. The first-order chi connectivity index (χ1) is 6.60. The van der Waals surface area contributed by atoms with Crippen LogP contribution in [0.4, 0.5) is 5.69 Å². The first kappa shape index (κ1) is 10.7. The number of ether oxygens (including phenoxy) is 2. The van der Waals surface area contributed by atoms with Gasteiger partial charge in [-0.2, -0.15) is 0 Å². The number of halogens is 1. The molecule has 0 fully saturated rings. The molecular formula is C9H10ClNO3. The summed E-state index contributed by atoms with van der Waals surface area (Å²) in [6.07, 6.45) is 0. The van der Waals surface area contributed by atoms with Crippen LogP contribution in [0, 0.1) is 0 Å². The molecule has 1 rings (SSSR count). The van der Waals surface area contributed by atoms with Crippen molar-refractivity contribution >= 4 is 23.3 Å². The third-order valence-corrected chi connectivity index (χ3v) is 2.14. The van der Waals surface area contributed by atoms with Crippen molar-refractivity contribution in [1.29, 1.82) is 0 Å². The Morgan fingerprint density at radius 1 is 1.43 bits per heavy atom. The minimum atomic E-state index is -0.541. The Labute approximate surface area is 86.6 Å². The predicted molar refractivity (Wildman–Crippen MR) is 53.8 cm³/mol. The van der Waals surface area contributed by atoms with Gasteiger partial charge in [0.15, 0.2) is 0 Å². The molecule has 5 heteroatoms. The molecule has 0 saturated carbocycles. The second-order valence-corrected chi connectivity index (χ2v) is 2.95. The molecule has 0 aromatic heterocycles. The van der Waals surface area contributed by atoms with Crippen molar-refractivity contribution < 1.29 is 14.3 Å². The Kier molecular flexibility index (Phi) is 3.19. The standard InChI is InChI=1S/C9H10ClNO3/c1-13-5-3-6(9(12)14-2)8(10)7(11)4-5/h3-4H,11H2,1-2H3. The Morgan fingerprint density at radius 3 is 2.57 bits per heavy atom. The van der Waals surface area contributed by atoms with Gasteiger partial charge in [-0.05, 0) is 6.07 Å². The summed E-state index contributed by atoms with van der Waals surface area (Å²) in [6.45, 7) is 0. The van der Waals surface area contributed by atoms with E-state index in [1.54, 1.807) is 0 Å². The number of methoxy groups -OCH3 is 2. The summed E-state index contributed by atoms with van der Waals surface area (Å²) in [7, 11) is 2.75. The number of carbonyl (C=O) groups excluding carboxylic acids is 1. The molecule has 4 nitrogen and oxygen atoms in total. The Balaban J connectivity index is 3.27. The Morgan fingerprint density at radius 2 is 2.07 bits per heavy atom. The van der Waals surface area contributed by atoms with Crippen LogP contribution in [0.1, 0.15) is 10.4 Å². The summed E-state index contributed by atoms with van der Waals surface area (Å²) in [4.78, 5) is 11.2. The molecule has 14 heavy (non-hydrogen) atoms. The van der Waals surface area contributed by atoms with Crippen LogP contribution in [0.5, 0.6) is 5.75 Å². The van der Waals surface area contributed by atoms with E-state index in [2.05, 4.69) is 4.74 Å². The van der Waals surface area contributed by atoms with Crippen LogP contribution in [0.3, 0.4) is 0 Å². The smallest absolute Gasteiger partial charge is 0.339 e. The third kappa shape index (κ3) is 1.90. The summed E-state index contributed by atoms with van der Waals surface area (Å²) >= 11 is 5.81. The van der Waals surface area contributed by atoms with E-state index in [-0.39, 0.29) is 16.3 Å². The molecule has 0 atom stereocenters. The van der Waals surface area contributed by atoms with Crippen molar-refractivity contribution in [3.8, 4) is 5.75 Å². The van der Waals surface area contributed by atoms with Gasteiger partial charge in [0.25, 0.3) is 0 Å². The van der Waals surface area contributed by atoms with Gasteiger partial charge in [0, 0.05) is 6.07 Å².